The number of carbonyl (C=O) groups excluding carboxylic acids is 1. The Hall–Kier alpha value is -2.66. The van der Waals surface area contributed by atoms with Gasteiger partial charge in [0.05, 0.1) is 23.7 Å². The second kappa shape index (κ2) is 6.22. The fraction of sp³-hybridized carbons (Fsp3) is 0.118. The van der Waals surface area contributed by atoms with E-state index in [4.69, 9.17) is 16.7 Å². The quantitative estimate of drug-likeness (QED) is 0.937. The Labute approximate surface area is 137 Å². The minimum atomic E-state index is -1.04. The van der Waals surface area contributed by atoms with Crippen LogP contribution in [0.25, 0.3) is 0 Å². The van der Waals surface area contributed by atoms with Crippen LogP contribution in [-0.2, 0) is 9.59 Å². The molecule has 0 spiro atoms. The van der Waals surface area contributed by atoms with Crippen molar-refractivity contribution in [3.05, 3.63) is 65.2 Å². The molecule has 3 rings (SSSR count). The molecular weight excluding hydrogens is 316 g/mol. The van der Waals surface area contributed by atoms with Crippen molar-refractivity contribution in [3.8, 4) is 0 Å². The molecule has 1 aliphatic heterocycles. The van der Waals surface area contributed by atoms with Gasteiger partial charge in [0.1, 0.15) is 0 Å². The van der Waals surface area contributed by atoms with Crippen molar-refractivity contribution in [2.24, 2.45) is 11.0 Å². The third kappa shape index (κ3) is 3.10. The Balaban J connectivity index is 2.02. The summed E-state index contributed by atoms with van der Waals surface area (Å²) in [5.74, 6) is -2.19. The topological polar surface area (TPSA) is 70.0 Å². The number of carboxylic acids is 1. The normalized spacial score (nSPS) is 17.3. The summed E-state index contributed by atoms with van der Waals surface area (Å²) in [6.07, 6.45) is -0.295. The van der Waals surface area contributed by atoms with Gasteiger partial charge in [-0.2, -0.15) is 10.1 Å². The van der Waals surface area contributed by atoms with Gasteiger partial charge in [-0.25, -0.2) is 0 Å². The molecule has 0 aromatic heterocycles. The Morgan fingerprint density at radius 1 is 1.13 bits per heavy atom. The van der Waals surface area contributed by atoms with Crippen molar-refractivity contribution in [1.29, 1.82) is 0 Å². The smallest absolute Gasteiger partial charge is 0.304 e. The lowest BCUT2D eigenvalue weighted by Crippen LogP contribution is -2.29. The van der Waals surface area contributed by atoms with Crippen LogP contribution in [0.4, 0.5) is 5.69 Å². The minimum absolute atomic E-state index is 0.295. The second-order valence-corrected chi connectivity index (χ2v) is 5.56. The number of halogens is 1. The largest absolute Gasteiger partial charge is 0.481 e. The molecule has 0 aliphatic carbocycles. The summed E-state index contributed by atoms with van der Waals surface area (Å²) in [5.41, 5.74) is 1.76. The van der Waals surface area contributed by atoms with Crippen molar-refractivity contribution in [3.63, 3.8) is 0 Å². The van der Waals surface area contributed by atoms with Gasteiger partial charge in [0.25, 0.3) is 5.91 Å². The van der Waals surface area contributed by atoms with Crippen LogP contribution in [0.2, 0.25) is 5.02 Å². The van der Waals surface area contributed by atoms with E-state index in [0.717, 1.165) is 5.56 Å². The molecule has 2 aromatic rings. The Bertz CT molecular complexity index is 772. The molecule has 5 nitrogen and oxygen atoms in total. The van der Waals surface area contributed by atoms with E-state index in [1.54, 1.807) is 24.3 Å². The average Bonchev–Trinajstić information content (AvgIpc) is 2.86. The summed E-state index contributed by atoms with van der Waals surface area (Å²) < 4.78 is 0. The van der Waals surface area contributed by atoms with E-state index < -0.39 is 11.9 Å². The van der Waals surface area contributed by atoms with E-state index in [0.29, 0.717) is 16.4 Å². The van der Waals surface area contributed by atoms with E-state index in [1.165, 1.54) is 5.01 Å². The first kappa shape index (κ1) is 15.2. The Morgan fingerprint density at radius 2 is 1.78 bits per heavy atom. The van der Waals surface area contributed by atoms with Gasteiger partial charge in [0, 0.05) is 5.02 Å². The average molecular weight is 329 g/mol. The molecule has 23 heavy (non-hydrogen) atoms. The fourth-order valence-electron chi connectivity index (χ4n) is 2.48. The Morgan fingerprint density at radius 3 is 2.39 bits per heavy atom. The predicted molar refractivity (Wildman–Crippen MR) is 87.7 cm³/mol. The van der Waals surface area contributed by atoms with Gasteiger partial charge in [-0.3, -0.25) is 9.59 Å². The number of hydrazone groups is 1. The number of carboxylic acid groups (broad SMARTS) is 1. The predicted octanol–water partition coefficient (Wildman–Crippen LogP) is 3.18. The maximum Gasteiger partial charge on any atom is 0.304 e. The SMILES string of the molecule is O=C(O)CC1C(=O)N(c2ccc(Cl)cc2)N=C1c1ccccc1. The lowest BCUT2D eigenvalue weighted by atomic mass is 9.94. The molecule has 0 saturated carbocycles. The molecule has 0 fully saturated rings. The van der Waals surface area contributed by atoms with Crippen LogP contribution in [0.1, 0.15) is 12.0 Å². The van der Waals surface area contributed by atoms with Crippen molar-refractivity contribution < 1.29 is 14.7 Å². The van der Waals surface area contributed by atoms with Crippen LogP contribution in [-0.4, -0.2) is 22.7 Å². The molecule has 0 radical (unpaired) electrons. The fourth-order valence-corrected chi connectivity index (χ4v) is 2.61. The molecule has 0 bridgehead atoms. The monoisotopic (exact) mass is 328 g/mol. The number of hydrogen-bond acceptors (Lipinski definition) is 3. The molecule has 1 N–H and O–H groups in total. The molecule has 1 unspecified atom stereocenters. The van der Waals surface area contributed by atoms with Crippen molar-refractivity contribution >= 4 is 34.9 Å². The van der Waals surface area contributed by atoms with Gasteiger partial charge < -0.3 is 5.11 Å². The standard InChI is InChI=1S/C17H13ClN2O3/c18-12-6-8-13(9-7-12)20-17(23)14(10-15(21)22)16(19-20)11-4-2-1-3-5-11/h1-9,14H,10H2,(H,21,22). The molecule has 1 aliphatic rings. The zero-order chi connectivity index (χ0) is 16.4. The molecule has 2 aromatic carbocycles. The number of aliphatic carboxylic acids is 1. The van der Waals surface area contributed by atoms with E-state index in [1.807, 2.05) is 30.3 Å². The molecule has 0 saturated heterocycles. The highest BCUT2D eigenvalue weighted by Crippen LogP contribution is 2.29. The van der Waals surface area contributed by atoms with Gasteiger partial charge in [0.2, 0.25) is 0 Å². The van der Waals surface area contributed by atoms with Crippen molar-refractivity contribution in [1.82, 2.24) is 0 Å². The first-order valence-corrected chi connectivity index (χ1v) is 7.39. The van der Waals surface area contributed by atoms with Gasteiger partial charge >= 0.3 is 5.97 Å². The first-order valence-electron chi connectivity index (χ1n) is 7.01. The van der Waals surface area contributed by atoms with E-state index >= 15 is 0 Å². The maximum absolute atomic E-state index is 12.6. The van der Waals surface area contributed by atoms with Gasteiger partial charge in [-0.05, 0) is 29.8 Å². The lowest BCUT2D eigenvalue weighted by Gasteiger charge is -2.13. The van der Waals surface area contributed by atoms with E-state index in [2.05, 4.69) is 5.10 Å². The number of benzene rings is 2. The lowest BCUT2D eigenvalue weighted by molar-refractivity contribution is -0.139. The maximum atomic E-state index is 12.6. The number of carbonyl (C=O) groups is 2. The van der Waals surface area contributed by atoms with Crippen LogP contribution in [0.3, 0.4) is 0 Å². The van der Waals surface area contributed by atoms with Crippen LogP contribution >= 0.6 is 11.6 Å². The number of rotatable bonds is 4. The number of amides is 1. The zero-order valence-corrected chi connectivity index (χ0v) is 12.8. The van der Waals surface area contributed by atoms with E-state index in [-0.39, 0.29) is 12.3 Å². The number of nitrogens with zero attached hydrogens (tertiary/aromatic N) is 2. The minimum Gasteiger partial charge on any atom is -0.481 e. The summed E-state index contributed by atoms with van der Waals surface area (Å²) in [5, 5.41) is 15.3. The highest BCUT2D eigenvalue weighted by Gasteiger charge is 2.38. The van der Waals surface area contributed by atoms with Crippen LogP contribution in [0, 0.1) is 5.92 Å². The summed E-state index contributed by atoms with van der Waals surface area (Å²) in [6.45, 7) is 0. The molecule has 116 valence electrons. The highest BCUT2D eigenvalue weighted by atomic mass is 35.5. The third-order valence-corrected chi connectivity index (χ3v) is 3.82. The Kier molecular flexibility index (Phi) is 4.12. The number of hydrogen-bond donors (Lipinski definition) is 1. The van der Waals surface area contributed by atoms with Gasteiger partial charge in [-0.15, -0.1) is 0 Å². The number of anilines is 1. The molecule has 1 amide bonds. The van der Waals surface area contributed by atoms with Crippen molar-refractivity contribution in [2.75, 3.05) is 5.01 Å². The molecule has 1 atom stereocenters. The first-order chi connectivity index (χ1) is 11.1. The van der Waals surface area contributed by atoms with Gasteiger partial charge in [-0.1, -0.05) is 41.9 Å². The van der Waals surface area contributed by atoms with Gasteiger partial charge in [0.15, 0.2) is 0 Å². The summed E-state index contributed by atoms with van der Waals surface area (Å²) in [4.78, 5) is 23.7. The summed E-state index contributed by atoms with van der Waals surface area (Å²) in [7, 11) is 0. The molecule has 6 heteroatoms. The third-order valence-electron chi connectivity index (χ3n) is 3.56. The van der Waals surface area contributed by atoms with E-state index in [9.17, 15) is 9.59 Å². The highest BCUT2D eigenvalue weighted by molar-refractivity contribution is 6.30. The molecule has 1 heterocycles. The summed E-state index contributed by atoms with van der Waals surface area (Å²) in [6, 6.07) is 15.8. The van der Waals surface area contributed by atoms with Crippen LogP contribution < -0.4 is 5.01 Å². The second-order valence-electron chi connectivity index (χ2n) is 5.13. The van der Waals surface area contributed by atoms with Crippen LogP contribution in [0.15, 0.2) is 59.7 Å². The summed E-state index contributed by atoms with van der Waals surface area (Å²) >= 11 is 5.86. The van der Waals surface area contributed by atoms with Crippen LogP contribution in [0.5, 0.6) is 0 Å². The molecular formula is C17H13ClN2O3. The zero-order valence-electron chi connectivity index (χ0n) is 12.0. The van der Waals surface area contributed by atoms with Crippen molar-refractivity contribution in [2.45, 2.75) is 6.42 Å².